The fraction of sp³-hybridized carbons (Fsp3) is 0.538. The van der Waals surface area contributed by atoms with Crippen LogP contribution in [0.15, 0.2) is 23.1 Å². The predicted molar refractivity (Wildman–Crippen MR) is 79.1 cm³/mol. The van der Waals surface area contributed by atoms with Gasteiger partial charge in [-0.15, -0.1) is 12.4 Å². The molecule has 4 nitrogen and oxygen atoms in total. The number of rotatable bonds is 3. The van der Waals surface area contributed by atoms with Crippen LogP contribution in [0.4, 0.5) is 4.39 Å². The highest BCUT2D eigenvalue weighted by Gasteiger charge is 2.28. The van der Waals surface area contributed by atoms with Gasteiger partial charge >= 0.3 is 0 Å². The fourth-order valence-corrected chi connectivity index (χ4v) is 3.81. The number of sulfonamides is 1. The minimum atomic E-state index is -3.80. The number of nitrogens with one attached hydrogen (secondary N) is 2. The van der Waals surface area contributed by atoms with E-state index in [-0.39, 0.29) is 29.3 Å². The summed E-state index contributed by atoms with van der Waals surface area (Å²) in [5, 5.41) is 3.20. The zero-order chi connectivity index (χ0) is 14.0. The summed E-state index contributed by atoms with van der Waals surface area (Å²) in [4.78, 5) is -0.266. The highest BCUT2D eigenvalue weighted by molar-refractivity contribution is 7.89. The second-order valence-corrected chi connectivity index (χ2v) is 6.81. The molecule has 0 aliphatic carbocycles. The molecule has 1 aliphatic rings. The monoisotopic (exact) mass is 322 g/mol. The van der Waals surface area contributed by atoms with Crippen molar-refractivity contribution in [1.29, 1.82) is 0 Å². The van der Waals surface area contributed by atoms with E-state index in [0.717, 1.165) is 18.7 Å². The van der Waals surface area contributed by atoms with Crippen LogP contribution in [0.25, 0.3) is 0 Å². The largest absolute Gasteiger partial charge is 0.316 e. The quantitative estimate of drug-likeness (QED) is 0.892. The highest BCUT2D eigenvalue weighted by atomic mass is 35.5. The van der Waals surface area contributed by atoms with Gasteiger partial charge in [0.25, 0.3) is 0 Å². The molecule has 1 aromatic carbocycles. The Bertz CT molecular complexity index is 565. The first kappa shape index (κ1) is 17.4. The topological polar surface area (TPSA) is 58.2 Å². The van der Waals surface area contributed by atoms with Gasteiger partial charge in [-0.3, -0.25) is 0 Å². The SMILES string of the molecule is Cc1ccc(F)c(S(=O)(=O)NC2CCNCC2C)c1.Cl. The van der Waals surface area contributed by atoms with Gasteiger partial charge in [0.05, 0.1) is 0 Å². The van der Waals surface area contributed by atoms with Crippen molar-refractivity contribution in [2.75, 3.05) is 13.1 Å². The lowest BCUT2D eigenvalue weighted by Crippen LogP contribution is -2.48. The van der Waals surface area contributed by atoms with E-state index in [1.807, 2.05) is 6.92 Å². The molecule has 2 unspecified atom stereocenters. The summed E-state index contributed by atoms with van der Waals surface area (Å²) in [7, 11) is -3.80. The number of hydrogen-bond donors (Lipinski definition) is 2. The molecule has 114 valence electrons. The standard InChI is InChI=1S/C13H19FN2O2S.ClH/c1-9-3-4-11(14)13(7-9)19(17,18)16-12-5-6-15-8-10(12)2;/h3-4,7,10,12,15-16H,5-6,8H2,1-2H3;1H. The lowest BCUT2D eigenvalue weighted by molar-refractivity contribution is 0.327. The molecule has 1 fully saturated rings. The van der Waals surface area contributed by atoms with Gasteiger partial charge in [-0.05, 0) is 50.0 Å². The van der Waals surface area contributed by atoms with Crippen molar-refractivity contribution in [2.24, 2.45) is 5.92 Å². The van der Waals surface area contributed by atoms with Crippen molar-refractivity contribution in [3.63, 3.8) is 0 Å². The maximum absolute atomic E-state index is 13.7. The van der Waals surface area contributed by atoms with Crippen LogP contribution < -0.4 is 10.0 Å². The van der Waals surface area contributed by atoms with Crippen molar-refractivity contribution < 1.29 is 12.8 Å². The molecule has 1 heterocycles. The van der Waals surface area contributed by atoms with Crippen molar-refractivity contribution in [3.05, 3.63) is 29.6 Å². The average Bonchev–Trinajstić information content (AvgIpc) is 2.35. The third kappa shape index (κ3) is 3.91. The molecule has 1 aliphatic heterocycles. The number of benzene rings is 1. The van der Waals surface area contributed by atoms with Crippen LogP contribution in [0.3, 0.4) is 0 Å². The molecule has 0 amide bonds. The van der Waals surface area contributed by atoms with Crippen molar-refractivity contribution >= 4 is 22.4 Å². The first-order chi connectivity index (χ1) is 8.90. The van der Waals surface area contributed by atoms with Crippen LogP contribution in [0.1, 0.15) is 18.9 Å². The van der Waals surface area contributed by atoms with E-state index >= 15 is 0 Å². The molecule has 1 aromatic rings. The molecule has 0 radical (unpaired) electrons. The molecule has 0 aromatic heterocycles. The van der Waals surface area contributed by atoms with Crippen LogP contribution in [0.2, 0.25) is 0 Å². The molecule has 7 heteroatoms. The molecular weight excluding hydrogens is 303 g/mol. The van der Waals surface area contributed by atoms with E-state index in [1.54, 1.807) is 13.0 Å². The molecule has 0 saturated carbocycles. The second-order valence-electron chi connectivity index (χ2n) is 5.13. The molecule has 2 atom stereocenters. The summed E-state index contributed by atoms with van der Waals surface area (Å²) in [5.41, 5.74) is 0.722. The van der Waals surface area contributed by atoms with Crippen molar-refractivity contribution in [3.8, 4) is 0 Å². The van der Waals surface area contributed by atoms with Crippen LogP contribution in [0.5, 0.6) is 0 Å². The predicted octanol–water partition coefficient (Wildman–Crippen LogP) is 1.83. The summed E-state index contributed by atoms with van der Waals surface area (Å²) >= 11 is 0. The van der Waals surface area contributed by atoms with Gasteiger partial charge < -0.3 is 5.32 Å². The highest BCUT2D eigenvalue weighted by Crippen LogP contribution is 2.19. The van der Waals surface area contributed by atoms with Crippen LogP contribution >= 0.6 is 12.4 Å². The lowest BCUT2D eigenvalue weighted by atomic mass is 9.97. The Morgan fingerprint density at radius 1 is 1.40 bits per heavy atom. The Balaban J connectivity index is 0.00000200. The third-order valence-corrected chi connectivity index (χ3v) is 4.97. The summed E-state index contributed by atoms with van der Waals surface area (Å²) in [6, 6.07) is 3.96. The van der Waals surface area contributed by atoms with Gasteiger partial charge in [0.1, 0.15) is 10.7 Å². The van der Waals surface area contributed by atoms with E-state index in [4.69, 9.17) is 0 Å². The van der Waals surface area contributed by atoms with Crippen molar-refractivity contribution in [2.45, 2.75) is 31.2 Å². The first-order valence-electron chi connectivity index (χ1n) is 6.39. The van der Waals surface area contributed by atoms with E-state index in [9.17, 15) is 12.8 Å². The molecule has 0 spiro atoms. The van der Waals surface area contributed by atoms with Crippen LogP contribution in [0, 0.1) is 18.7 Å². The number of halogens is 2. The maximum atomic E-state index is 13.7. The minimum Gasteiger partial charge on any atom is -0.316 e. The van der Waals surface area contributed by atoms with Gasteiger partial charge in [0, 0.05) is 6.04 Å². The van der Waals surface area contributed by atoms with E-state index in [0.29, 0.717) is 6.42 Å². The number of aryl methyl sites for hydroxylation is 1. The van der Waals surface area contributed by atoms with Gasteiger partial charge in [0.15, 0.2) is 0 Å². The first-order valence-corrected chi connectivity index (χ1v) is 7.87. The van der Waals surface area contributed by atoms with E-state index < -0.39 is 15.8 Å². The zero-order valence-corrected chi connectivity index (χ0v) is 13.2. The zero-order valence-electron chi connectivity index (χ0n) is 11.5. The summed E-state index contributed by atoms with van der Waals surface area (Å²) < 4.78 is 40.8. The van der Waals surface area contributed by atoms with Gasteiger partial charge in [-0.2, -0.15) is 0 Å². The molecule has 20 heavy (non-hydrogen) atoms. The molecule has 0 bridgehead atoms. The maximum Gasteiger partial charge on any atom is 0.243 e. The summed E-state index contributed by atoms with van der Waals surface area (Å²) in [6.45, 7) is 5.26. The Labute approximate surface area is 125 Å². The van der Waals surface area contributed by atoms with Gasteiger partial charge in [-0.1, -0.05) is 13.0 Å². The van der Waals surface area contributed by atoms with Gasteiger partial charge in [0.2, 0.25) is 10.0 Å². The Morgan fingerprint density at radius 3 is 2.75 bits per heavy atom. The normalized spacial score (nSPS) is 23.1. The van der Waals surface area contributed by atoms with Crippen molar-refractivity contribution in [1.82, 2.24) is 10.0 Å². The van der Waals surface area contributed by atoms with E-state index in [2.05, 4.69) is 10.0 Å². The lowest BCUT2D eigenvalue weighted by Gasteiger charge is -2.30. The summed E-state index contributed by atoms with van der Waals surface area (Å²) in [6.07, 6.45) is 0.716. The number of piperidine rings is 1. The fourth-order valence-electron chi connectivity index (χ4n) is 2.27. The molecule has 2 rings (SSSR count). The summed E-state index contributed by atoms with van der Waals surface area (Å²) in [5.74, 6) is -0.518. The third-order valence-electron chi connectivity index (χ3n) is 3.47. The second kappa shape index (κ2) is 6.85. The Morgan fingerprint density at radius 2 is 2.10 bits per heavy atom. The smallest absolute Gasteiger partial charge is 0.243 e. The number of hydrogen-bond acceptors (Lipinski definition) is 3. The molecule has 2 N–H and O–H groups in total. The Hall–Kier alpha value is -0.690. The molecular formula is C13H20ClFN2O2S. The molecule has 1 saturated heterocycles. The van der Waals surface area contributed by atoms with Crippen LogP contribution in [-0.4, -0.2) is 27.5 Å². The minimum absolute atomic E-state index is 0. The van der Waals surface area contributed by atoms with Gasteiger partial charge in [-0.25, -0.2) is 17.5 Å². The Kier molecular flexibility index (Phi) is 5.94. The average molecular weight is 323 g/mol. The van der Waals surface area contributed by atoms with E-state index in [1.165, 1.54) is 12.1 Å². The van der Waals surface area contributed by atoms with Crippen LogP contribution in [-0.2, 0) is 10.0 Å².